The molecule has 96 valence electrons. The second-order valence-corrected chi connectivity index (χ2v) is 5.29. The Bertz CT molecular complexity index is 469. The van der Waals surface area contributed by atoms with E-state index in [0.29, 0.717) is 19.4 Å². The third-order valence-electron chi connectivity index (χ3n) is 3.82. The van der Waals surface area contributed by atoms with Crippen LogP contribution in [-0.2, 0) is 17.8 Å². The first-order valence-electron chi connectivity index (χ1n) is 6.48. The number of fused-ring (bicyclic) bond motifs is 1. The van der Waals surface area contributed by atoms with E-state index in [0.717, 1.165) is 13.0 Å². The van der Waals surface area contributed by atoms with E-state index >= 15 is 0 Å². The Hall–Kier alpha value is -1.39. The molecule has 1 aromatic carbocycles. The van der Waals surface area contributed by atoms with Crippen LogP contribution in [0.1, 0.15) is 24.0 Å². The lowest BCUT2D eigenvalue weighted by atomic mass is 9.96. The lowest BCUT2D eigenvalue weighted by molar-refractivity contribution is -0.131. The van der Waals surface area contributed by atoms with Gasteiger partial charge in [-0.3, -0.25) is 4.79 Å². The molecule has 0 bridgehead atoms. The van der Waals surface area contributed by atoms with Crippen molar-refractivity contribution in [1.82, 2.24) is 10.6 Å². The molecule has 0 spiro atoms. The molecule has 0 saturated heterocycles. The average Bonchev–Trinajstić information content (AvgIpc) is 3.15. The monoisotopic (exact) mass is 246 g/mol. The van der Waals surface area contributed by atoms with Gasteiger partial charge in [-0.25, -0.2) is 0 Å². The van der Waals surface area contributed by atoms with E-state index < -0.39 is 5.60 Å². The molecule has 4 nitrogen and oxygen atoms in total. The number of carbonyl (C=O) groups excluding carboxylic acids is 1. The van der Waals surface area contributed by atoms with Crippen molar-refractivity contribution < 1.29 is 9.90 Å². The summed E-state index contributed by atoms with van der Waals surface area (Å²) < 4.78 is 0. The summed E-state index contributed by atoms with van der Waals surface area (Å²) in [5.74, 6) is -0.219. The fourth-order valence-electron chi connectivity index (χ4n) is 2.39. The lowest BCUT2D eigenvalue weighted by Gasteiger charge is -2.26. The largest absolute Gasteiger partial charge is 0.380 e. The minimum absolute atomic E-state index is 0.219. The van der Waals surface area contributed by atoms with Crippen LogP contribution in [0.5, 0.6) is 0 Å². The molecule has 1 aliphatic carbocycles. The highest BCUT2D eigenvalue weighted by molar-refractivity contribution is 5.87. The molecule has 1 aliphatic heterocycles. The minimum atomic E-state index is -1.06. The van der Waals surface area contributed by atoms with Gasteiger partial charge in [0.2, 0.25) is 0 Å². The third-order valence-corrected chi connectivity index (χ3v) is 3.82. The molecule has 3 rings (SSSR count). The zero-order valence-corrected chi connectivity index (χ0v) is 10.3. The van der Waals surface area contributed by atoms with E-state index in [2.05, 4.69) is 22.8 Å². The SMILES string of the molecule is O=C(NC[C@@H]1Cc2ccccc2CN1)C1(O)CC1. The highest BCUT2D eigenvalue weighted by Gasteiger charge is 2.47. The highest BCUT2D eigenvalue weighted by atomic mass is 16.3. The fraction of sp³-hybridized carbons (Fsp3) is 0.500. The predicted molar refractivity (Wildman–Crippen MR) is 68.0 cm³/mol. The van der Waals surface area contributed by atoms with Crippen molar-refractivity contribution in [3.63, 3.8) is 0 Å². The molecule has 0 unspecified atom stereocenters. The first kappa shape index (κ1) is 11.7. The molecule has 0 radical (unpaired) electrons. The molecule has 1 heterocycles. The molecule has 1 atom stereocenters. The molecule has 1 aromatic rings. The lowest BCUT2D eigenvalue weighted by Crippen LogP contribution is -2.47. The second-order valence-electron chi connectivity index (χ2n) is 5.29. The Morgan fingerprint density at radius 1 is 1.39 bits per heavy atom. The Morgan fingerprint density at radius 2 is 2.11 bits per heavy atom. The standard InChI is InChI=1S/C14H18N2O2/c17-13(14(18)5-6-14)16-9-12-7-10-3-1-2-4-11(10)8-15-12/h1-4,12,15,18H,5-9H2,(H,16,17)/t12-/m0/s1. The second kappa shape index (κ2) is 4.37. The van der Waals surface area contributed by atoms with Gasteiger partial charge >= 0.3 is 0 Å². The molecule has 18 heavy (non-hydrogen) atoms. The van der Waals surface area contributed by atoms with Gasteiger partial charge < -0.3 is 15.7 Å². The molecule has 3 N–H and O–H groups in total. The van der Waals surface area contributed by atoms with Crippen LogP contribution < -0.4 is 10.6 Å². The summed E-state index contributed by atoms with van der Waals surface area (Å²) in [7, 11) is 0. The molecule has 1 saturated carbocycles. The molecule has 1 amide bonds. The van der Waals surface area contributed by atoms with Crippen LogP contribution in [0.25, 0.3) is 0 Å². The summed E-state index contributed by atoms with van der Waals surface area (Å²) >= 11 is 0. The van der Waals surface area contributed by atoms with Gasteiger partial charge in [-0.1, -0.05) is 24.3 Å². The van der Waals surface area contributed by atoms with Gasteiger partial charge in [0, 0.05) is 19.1 Å². The van der Waals surface area contributed by atoms with Crippen molar-refractivity contribution in [2.24, 2.45) is 0 Å². The quantitative estimate of drug-likeness (QED) is 0.721. The summed E-state index contributed by atoms with van der Waals surface area (Å²) in [5, 5.41) is 15.9. The molecule has 4 heteroatoms. The van der Waals surface area contributed by atoms with E-state index in [1.165, 1.54) is 11.1 Å². The Labute approximate surface area is 106 Å². The van der Waals surface area contributed by atoms with Crippen molar-refractivity contribution in [3.8, 4) is 0 Å². The van der Waals surface area contributed by atoms with Crippen molar-refractivity contribution in [3.05, 3.63) is 35.4 Å². The molecular weight excluding hydrogens is 228 g/mol. The van der Waals surface area contributed by atoms with Crippen LogP contribution in [0.3, 0.4) is 0 Å². The van der Waals surface area contributed by atoms with E-state index in [-0.39, 0.29) is 11.9 Å². The summed E-state index contributed by atoms with van der Waals surface area (Å²) in [6.45, 7) is 1.43. The third kappa shape index (κ3) is 2.26. The smallest absolute Gasteiger partial charge is 0.252 e. The van der Waals surface area contributed by atoms with E-state index in [9.17, 15) is 9.90 Å². The van der Waals surface area contributed by atoms with Crippen molar-refractivity contribution >= 4 is 5.91 Å². The fourth-order valence-corrected chi connectivity index (χ4v) is 2.39. The maximum absolute atomic E-state index is 11.6. The van der Waals surface area contributed by atoms with Crippen LogP contribution in [0.2, 0.25) is 0 Å². The number of nitrogens with one attached hydrogen (secondary N) is 2. The summed E-state index contributed by atoms with van der Waals surface area (Å²) in [6.07, 6.45) is 2.12. The maximum atomic E-state index is 11.6. The first-order valence-corrected chi connectivity index (χ1v) is 6.48. The number of hydrogen-bond acceptors (Lipinski definition) is 3. The van der Waals surface area contributed by atoms with Crippen molar-refractivity contribution in [1.29, 1.82) is 0 Å². The van der Waals surface area contributed by atoms with Crippen LogP contribution in [0, 0.1) is 0 Å². The van der Waals surface area contributed by atoms with Gasteiger partial charge in [-0.15, -0.1) is 0 Å². The molecule has 0 aromatic heterocycles. The van der Waals surface area contributed by atoms with E-state index in [1.54, 1.807) is 0 Å². The minimum Gasteiger partial charge on any atom is -0.380 e. The van der Waals surface area contributed by atoms with E-state index in [4.69, 9.17) is 0 Å². The normalized spacial score (nSPS) is 24.2. The van der Waals surface area contributed by atoms with E-state index in [1.807, 2.05) is 12.1 Å². The first-order chi connectivity index (χ1) is 8.67. The van der Waals surface area contributed by atoms with Gasteiger partial charge in [0.05, 0.1) is 0 Å². The predicted octanol–water partition coefficient (Wildman–Crippen LogP) is 0.342. The van der Waals surface area contributed by atoms with Gasteiger partial charge in [0.1, 0.15) is 5.60 Å². The topological polar surface area (TPSA) is 61.4 Å². The number of aliphatic hydroxyl groups is 1. The zero-order valence-electron chi connectivity index (χ0n) is 10.3. The average molecular weight is 246 g/mol. The van der Waals surface area contributed by atoms with Crippen LogP contribution in [0.15, 0.2) is 24.3 Å². The molecular formula is C14H18N2O2. The number of rotatable bonds is 3. The molecule has 1 fully saturated rings. The highest BCUT2D eigenvalue weighted by Crippen LogP contribution is 2.34. The Morgan fingerprint density at radius 3 is 2.83 bits per heavy atom. The summed E-state index contributed by atoms with van der Waals surface area (Å²) in [5.41, 5.74) is 1.62. The maximum Gasteiger partial charge on any atom is 0.252 e. The van der Waals surface area contributed by atoms with Gasteiger partial charge in [-0.2, -0.15) is 0 Å². The van der Waals surface area contributed by atoms with Crippen molar-refractivity contribution in [2.45, 2.75) is 37.5 Å². The van der Waals surface area contributed by atoms with Crippen LogP contribution in [-0.4, -0.2) is 29.2 Å². The van der Waals surface area contributed by atoms with Gasteiger partial charge in [0.25, 0.3) is 5.91 Å². The van der Waals surface area contributed by atoms with Gasteiger partial charge in [0.15, 0.2) is 0 Å². The van der Waals surface area contributed by atoms with Crippen molar-refractivity contribution in [2.75, 3.05) is 6.54 Å². The zero-order chi connectivity index (χ0) is 12.6. The van der Waals surface area contributed by atoms with Crippen LogP contribution >= 0.6 is 0 Å². The number of hydrogen-bond donors (Lipinski definition) is 3. The van der Waals surface area contributed by atoms with Crippen LogP contribution in [0.4, 0.5) is 0 Å². The van der Waals surface area contributed by atoms with Gasteiger partial charge in [-0.05, 0) is 30.4 Å². The molecule has 2 aliphatic rings. The summed E-state index contributed by atoms with van der Waals surface area (Å²) in [4.78, 5) is 11.6. The Kier molecular flexibility index (Phi) is 2.84. The summed E-state index contributed by atoms with van der Waals surface area (Å²) in [6, 6.07) is 8.62. The Balaban J connectivity index is 1.55. The number of amides is 1. The number of benzene rings is 1. The number of carbonyl (C=O) groups is 1.